The van der Waals surface area contributed by atoms with Crippen molar-refractivity contribution < 1.29 is 14.3 Å². The Morgan fingerprint density at radius 2 is 1.59 bits per heavy atom. The van der Waals surface area contributed by atoms with Gasteiger partial charge in [-0.3, -0.25) is 9.59 Å². The number of rotatable bonds is 4. The fraction of sp³-hybridized carbons (Fsp3) is 0.185. The van der Waals surface area contributed by atoms with E-state index in [4.69, 9.17) is 4.74 Å². The van der Waals surface area contributed by atoms with Crippen molar-refractivity contribution in [1.82, 2.24) is 10.2 Å². The molecule has 2 aliphatic rings. The normalized spacial score (nSPS) is 21.7. The van der Waals surface area contributed by atoms with E-state index in [1.807, 2.05) is 95.2 Å². The van der Waals surface area contributed by atoms with Gasteiger partial charge in [-0.15, -0.1) is 11.3 Å². The molecule has 2 aliphatic heterocycles. The molecule has 6 nitrogen and oxygen atoms in total. The van der Waals surface area contributed by atoms with E-state index in [1.165, 1.54) is 0 Å². The Balaban J connectivity index is 1.45. The molecule has 2 saturated heterocycles. The molecular weight excluding hydrogens is 446 g/mol. The van der Waals surface area contributed by atoms with Crippen LogP contribution in [0.4, 0.5) is 5.69 Å². The maximum absolute atomic E-state index is 13.8. The predicted molar refractivity (Wildman–Crippen MR) is 132 cm³/mol. The lowest BCUT2D eigenvalue weighted by Gasteiger charge is -2.44. The first-order chi connectivity index (χ1) is 16.7. The molecule has 0 saturated carbocycles. The molecule has 2 unspecified atom stereocenters. The molecule has 34 heavy (non-hydrogen) atoms. The van der Waals surface area contributed by atoms with Crippen LogP contribution in [-0.4, -0.2) is 41.9 Å². The van der Waals surface area contributed by atoms with Gasteiger partial charge in [-0.25, -0.2) is 4.90 Å². The van der Waals surface area contributed by atoms with Crippen LogP contribution < -0.4 is 10.6 Å². The van der Waals surface area contributed by atoms with E-state index in [0.717, 1.165) is 26.9 Å². The lowest BCUT2D eigenvalue weighted by molar-refractivity contribution is -0.152. The summed E-state index contributed by atoms with van der Waals surface area (Å²) in [6.07, 6.45) is 0. The predicted octanol–water partition coefficient (Wildman–Crippen LogP) is 3.94. The van der Waals surface area contributed by atoms with Crippen LogP contribution >= 0.6 is 11.3 Å². The number of hydrogen-bond acceptors (Lipinski definition) is 6. The Kier molecular flexibility index (Phi) is 5.17. The van der Waals surface area contributed by atoms with Crippen molar-refractivity contribution in [3.63, 3.8) is 0 Å². The molecule has 2 N–H and O–H groups in total. The van der Waals surface area contributed by atoms with Crippen molar-refractivity contribution in [3.8, 4) is 0 Å². The summed E-state index contributed by atoms with van der Waals surface area (Å²) in [5.41, 5.74) is 1.23. The fourth-order valence-corrected chi connectivity index (χ4v) is 5.99. The number of amides is 1. The zero-order valence-corrected chi connectivity index (χ0v) is 19.1. The number of nitrogens with one attached hydrogen (secondary N) is 2. The molecule has 2 fully saturated rings. The number of ether oxygens (including phenoxy) is 1. The molecular formula is C27H23N3O3S. The van der Waals surface area contributed by atoms with Gasteiger partial charge in [0.2, 0.25) is 11.6 Å². The standard InChI is InChI=1S/C27H23N3O3S/c31-25(29-21-17-34-24-14-8-7-13-20(21)24)22-15-28-16-23-26(32)33-27(30(22)23,18-9-3-1-4-10-18)19-11-5-2-6-12-19/h1-14,17,22-23,28H,15-16H2,(H,29,31). The summed E-state index contributed by atoms with van der Waals surface area (Å²) in [5.74, 6) is -0.506. The molecule has 6 rings (SSSR count). The molecule has 2 atom stereocenters. The second-order valence-corrected chi connectivity index (χ2v) is 9.44. The summed E-state index contributed by atoms with van der Waals surface area (Å²) in [7, 11) is 0. The average molecular weight is 470 g/mol. The largest absolute Gasteiger partial charge is 0.434 e. The summed E-state index contributed by atoms with van der Waals surface area (Å²) in [6, 6.07) is 26.2. The third kappa shape index (κ3) is 3.24. The highest BCUT2D eigenvalue weighted by atomic mass is 32.1. The lowest BCUT2D eigenvalue weighted by atomic mass is 9.90. The van der Waals surface area contributed by atoms with Gasteiger partial charge >= 0.3 is 5.97 Å². The highest BCUT2D eigenvalue weighted by Crippen LogP contribution is 2.46. The number of hydrogen-bond donors (Lipinski definition) is 2. The van der Waals surface area contributed by atoms with E-state index in [9.17, 15) is 9.59 Å². The minimum absolute atomic E-state index is 0.171. The fourth-order valence-electron chi connectivity index (χ4n) is 5.09. The van der Waals surface area contributed by atoms with E-state index >= 15 is 0 Å². The maximum atomic E-state index is 13.8. The Bertz CT molecular complexity index is 1320. The van der Waals surface area contributed by atoms with Crippen LogP contribution in [-0.2, 0) is 20.1 Å². The average Bonchev–Trinajstić information content (AvgIpc) is 3.44. The van der Waals surface area contributed by atoms with Crippen molar-refractivity contribution in [1.29, 1.82) is 0 Å². The minimum atomic E-state index is -1.19. The molecule has 0 bridgehead atoms. The van der Waals surface area contributed by atoms with Gasteiger partial charge in [-0.2, -0.15) is 0 Å². The molecule has 1 amide bonds. The van der Waals surface area contributed by atoms with Crippen LogP contribution in [0, 0.1) is 0 Å². The summed E-state index contributed by atoms with van der Waals surface area (Å²) in [6.45, 7) is 0.827. The number of cyclic esters (lactones) is 1. The van der Waals surface area contributed by atoms with Gasteiger partial charge in [-0.05, 0) is 6.07 Å². The first-order valence-corrected chi connectivity index (χ1v) is 12.2. The molecule has 3 aromatic carbocycles. The van der Waals surface area contributed by atoms with E-state index in [1.54, 1.807) is 11.3 Å². The van der Waals surface area contributed by atoms with E-state index in [0.29, 0.717) is 13.1 Å². The van der Waals surface area contributed by atoms with E-state index in [2.05, 4.69) is 10.6 Å². The van der Waals surface area contributed by atoms with Gasteiger partial charge in [-0.1, -0.05) is 78.9 Å². The minimum Gasteiger partial charge on any atom is -0.434 e. The Hall–Kier alpha value is -3.52. The van der Waals surface area contributed by atoms with Crippen LogP contribution in [0.25, 0.3) is 10.1 Å². The van der Waals surface area contributed by atoms with Crippen LogP contribution in [0.2, 0.25) is 0 Å². The zero-order chi connectivity index (χ0) is 23.1. The number of nitrogens with zero attached hydrogens (tertiary/aromatic N) is 1. The van der Waals surface area contributed by atoms with Gasteiger partial charge < -0.3 is 15.4 Å². The summed E-state index contributed by atoms with van der Waals surface area (Å²) < 4.78 is 7.33. The summed E-state index contributed by atoms with van der Waals surface area (Å²) >= 11 is 1.59. The van der Waals surface area contributed by atoms with Crippen LogP contribution in [0.15, 0.2) is 90.3 Å². The smallest absolute Gasteiger partial charge is 0.327 e. The number of esters is 1. The van der Waals surface area contributed by atoms with Gasteiger partial charge in [0.15, 0.2) is 0 Å². The first kappa shape index (κ1) is 21.0. The summed E-state index contributed by atoms with van der Waals surface area (Å²) in [5, 5.41) is 9.37. The van der Waals surface area contributed by atoms with Gasteiger partial charge in [0.05, 0.1) is 5.69 Å². The van der Waals surface area contributed by atoms with E-state index < -0.39 is 17.8 Å². The molecule has 3 heterocycles. The number of benzene rings is 3. The Labute approximate surface area is 201 Å². The Morgan fingerprint density at radius 1 is 0.941 bits per heavy atom. The van der Waals surface area contributed by atoms with Gasteiger partial charge in [0, 0.05) is 39.7 Å². The zero-order valence-electron chi connectivity index (χ0n) is 18.3. The molecule has 170 valence electrons. The number of fused-ring (bicyclic) bond motifs is 2. The quantitative estimate of drug-likeness (QED) is 0.443. The monoisotopic (exact) mass is 469 g/mol. The second kappa shape index (κ2) is 8.36. The first-order valence-electron chi connectivity index (χ1n) is 11.3. The molecule has 4 aromatic rings. The SMILES string of the molecule is O=C(Nc1csc2ccccc12)C1CNCC2C(=O)OC(c3ccccc3)(c3ccccc3)N12. The van der Waals surface area contributed by atoms with Crippen molar-refractivity contribution in [2.24, 2.45) is 0 Å². The molecule has 0 aliphatic carbocycles. The highest BCUT2D eigenvalue weighted by molar-refractivity contribution is 7.17. The van der Waals surface area contributed by atoms with Crippen LogP contribution in [0.3, 0.4) is 0 Å². The van der Waals surface area contributed by atoms with Crippen LogP contribution in [0.5, 0.6) is 0 Å². The van der Waals surface area contributed by atoms with Crippen molar-refractivity contribution in [3.05, 3.63) is 101 Å². The molecule has 0 radical (unpaired) electrons. The van der Waals surface area contributed by atoms with Crippen LogP contribution in [0.1, 0.15) is 11.1 Å². The van der Waals surface area contributed by atoms with Crippen molar-refractivity contribution >= 4 is 39.0 Å². The lowest BCUT2D eigenvalue weighted by Crippen LogP contribution is -2.65. The number of carbonyl (C=O) groups excluding carboxylic acids is 2. The third-order valence-electron chi connectivity index (χ3n) is 6.60. The third-order valence-corrected chi connectivity index (χ3v) is 7.57. The van der Waals surface area contributed by atoms with Gasteiger partial charge in [0.25, 0.3) is 0 Å². The number of thiophene rings is 1. The Morgan fingerprint density at radius 3 is 2.29 bits per heavy atom. The number of anilines is 1. The highest BCUT2D eigenvalue weighted by Gasteiger charge is 2.60. The number of carbonyl (C=O) groups is 2. The topological polar surface area (TPSA) is 70.7 Å². The molecule has 1 aromatic heterocycles. The maximum Gasteiger partial charge on any atom is 0.327 e. The molecule has 0 spiro atoms. The summed E-state index contributed by atoms with van der Waals surface area (Å²) in [4.78, 5) is 28.9. The van der Waals surface area contributed by atoms with Crippen molar-refractivity contribution in [2.45, 2.75) is 17.8 Å². The molecule has 7 heteroatoms. The van der Waals surface area contributed by atoms with Gasteiger partial charge in [0.1, 0.15) is 12.1 Å². The second-order valence-electron chi connectivity index (χ2n) is 8.53. The van der Waals surface area contributed by atoms with Crippen molar-refractivity contribution in [2.75, 3.05) is 18.4 Å². The number of piperazine rings is 1. The van der Waals surface area contributed by atoms with E-state index in [-0.39, 0.29) is 11.9 Å².